The number of halogens is 1. The fraction of sp³-hybridized carbons (Fsp3) is 0.500. The van der Waals surface area contributed by atoms with Gasteiger partial charge in [-0.15, -0.1) is 0 Å². The van der Waals surface area contributed by atoms with Crippen molar-refractivity contribution in [3.05, 3.63) is 29.6 Å². The van der Waals surface area contributed by atoms with Crippen LogP contribution in [-0.2, 0) is 0 Å². The van der Waals surface area contributed by atoms with Crippen molar-refractivity contribution in [1.29, 1.82) is 0 Å². The molecule has 0 saturated heterocycles. The van der Waals surface area contributed by atoms with Gasteiger partial charge in [-0.3, -0.25) is 4.79 Å². The lowest BCUT2D eigenvalue weighted by Gasteiger charge is -2.26. The van der Waals surface area contributed by atoms with Crippen molar-refractivity contribution in [3.8, 4) is 5.75 Å². The number of amides is 1. The van der Waals surface area contributed by atoms with Gasteiger partial charge in [0.05, 0.1) is 0 Å². The van der Waals surface area contributed by atoms with E-state index in [1.165, 1.54) is 23.1 Å². The van der Waals surface area contributed by atoms with E-state index < -0.39 is 11.7 Å². The second-order valence-corrected chi connectivity index (χ2v) is 5.03. The number of nitrogens with zero attached hydrogens (tertiary/aromatic N) is 1. The number of rotatable bonds is 4. The fourth-order valence-corrected chi connectivity index (χ4v) is 1.94. The number of benzene rings is 1. The molecule has 0 aromatic heterocycles. The molecule has 1 N–H and O–H groups in total. The van der Waals surface area contributed by atoms with Crippen LogP contribution in [0.15, 0.2) is 18.2 Å². The van der Waals surface area contributed by atoms with Crippen LogP contribution in [0.2, 0.25) is 0 Å². The van der Waals surface area contributed by atoms with Crippen LogP contribution in [0.4, 0.5) is 4.39 Å². The highest BCUT2D eigenvalue weighted by atomic mass is 19.1. The first-order valence-corrected chi connectivity index (χ1v) is 6.09. The van der Waals surface area contributed by atoms with Gasteiger partial charge in [0, 0.05) is 13.1 Å². The van der Waals surface area contributed by atoms with Crippen LogP contribution >= 0.6 is 0 Å². The van der Waals surface area contributed by atoms with Crippen molar-refractivity contribution >= 4 is 5.91 Å². The number of phenols is 1. The third-order valence-electron chi connectivity index (χ3n) is 3.00. The topological polar surface area (TPSA) is 40.5 Å². The fourth-order valence-electron chi connectivity index (χ4n) is 1.94. The van der Waals surface area contributed by atoms with Gasteiger partial charge in [0.1, 0.15) is 17.1 Å². The molecule has 100 valence electrons. The second-order valence-electron chi connectivity index (χ2n) is 5.03. The molecule has 0 aliphatic rings. The van der Waals surface area contributed by atoms with E-state index >= 15 is 0 Å². The Morgan fingerprint density at radius 2 is 2.00 bits per heavy atom. The Balaban J connectivity index is 2.93. The summed E-state index contributed by atoms with van der Waals surface area (Å²) in [5, 5.41) is 9.59. The summed E-state index contributed by atoms with van der Waals surface area (Å²) in [5.74, 6) is -1.05. The van der Waals surface area contributed by atoms with Gasteiger partial charge < -0.3 is 10.0 Å². The first-order valence-electron chi connectivity index (χ1n) is 6.09. The van der Waals surface area contributed by atoms with Crippen LogP contribution in [0.1, 0.15) is 37.6 Å². The molecule has 0 saturated carbocycles. The zero-order chi connectivity index (χ0) is 13.9. The minimum Gasteiger partial charge on any atom is -0.507 e. The Hall–Kier alpha value is -1.58. The normalized spacial score (nSPS) is 12.6. The molecule has 0 heterocycles. The van der Waals surface area contributed by atoms with Crippen LogP contribution in [0, 0.1) is 11.7 Å². The highest BCUT2D eigenvalue weighted by molar-refractivity contribution is 5.97. The molecule has 1 amide bonds. The lowest BCUT2D eigenvalue weighted by molar-refractivity contribution is 0.0720. The van der Waals surface area contributed by atoms with E-state index in [0.717, 1.165) is 6.42 Å². The second kappa shape index (κ2) is 5.85. The van der Waals surface area contributed by atoms with Crippen molar-refractivity contribution in [2.45, 2.75) is 33.2 Å². The van der Waals surface area contributed by atoms with Crippen molar-refractivity contribution < 1.29 is 14.3 Å². The van der Waals surface area contributed by atoms with Crippen molar-refractivity contribution in [2.75, 3.05) is 7.05 Å². The highest BCUT2D eigenvalue weighted by Gasteiger charge is 2.23. The first kappa shape index (κ1) is 14.5. The zero-order valence-corrected chi connectivity index (χ0v) is 11.3. The van der Waals surface area contributed by atoms with Gasteiger partial charge in [-0.25, -0.2) is 4.39 Å². The average molecular weight is 253 g/mol. The maximum atomic E-state index is 13.6. The maximum absolute atomic E-state index is 13.6. The zero-order valence-electron chi connectivity index (χ0n) is 11.3. The molecule has 4 heteroatoms. The van der Waals surface area contributed by atoms with Crippen molar-refractivity contribution in [3.63, 3.8) is 0 Å². The molecule has 1 aromatic rings. The highest BCUT2D eigenvalue weighted by Crippen LogP contribution is 2.23. The van der Waals surface area contributed by atoms with Crippen LogP contribution in [0.25, 0.3) is 0 Å². The van der Waals surface area contributed by atoms with E-state index in [2.05, 4.69) is 13.8 Å². The van der Waals surface area contributed by atoms with Crippen LogP contribution in [-0.4, -0.2) is 29.0 Å². The predicted octanol–water partition coefficient (Wildman–Crippen LogP) is 3.04. The van der Waals surface area contributed by atoms with Gasteiger partial charge >= 0.3 is 0 Å². The van der Waals surface area contributed by atoms with Gasteiger partial charge in [-0.05, 0) is 31.4 Å². The Labute approximate surface area is 107 Å². The summed E-state index contributed by atoms with van der Waals surface area (Å²) in [6.45, 7) is 6.04. The molecule has 0 aliphatic heterocycles. The molecular formula is C14H20FNO2. The standard InChI is InChI=1S/C14H20FNO2/c1-9(2)8-10(3)16(4)14(18)13-11(15)6-5-7-12(13)17/h5-7,9-10,17H,8H2,1-4H3. The number of hydrogen-bond donors (Lipinski definition) is 1. The van der Waals surface area contributed by atoms with Crippen LogP contribution in [0.3, 0.4) is 0 Å². The Morgan fingerprint density at radius 1 is 1.39 bits per heavy atom. The van der Waals surface area contributed by atoms with E-state index in [4.69, 9.17) is 0 Å². The van der Waals surface area contributed by atoms with E-state index in [0.29, 0.717) is 5.92 Å². The number of carbonyl (C=O) groups is 1. The lowest BCUT2D eigenvalue weighted by Crippen LogP contribution is -2.36. The number of aromatic hydroxyl groups is 1. The third kappa shape index (κ3) is 3.22. The summed E-state index contributed by atoms with van der Waals surface area (Å²) >= 11 is 0. The molecule has 1 aromatic carbocycles. The monoisotopic (exact) mass is 253 g/mol. The molecular weight excluding hydrogens is 233 g/mol. The Morgan fingerprint density at radius 3 is 2.50 bits per heavy atom. The largest absolute Gasteiger partial charge is 0.507 e. The minimum absolute atomic E-state index is 0.00324. The lowest BCUT2D eigenvalue weighted by atomic mass is 10.0. The molecule has 0 radical (unpaired) electrons. The number of phenolic OH excluding ortho intramolecular Hbond substituents is 1. The molecule has 3 nitrogen and oxygen atoms in total. The molecule has 0 spiro atoms. The summed E-state index contributed by atoms with van der Waals surface area (Å²) in [4.78, 5) is 13.6. The predicted molar refractivity (Wildman–Crippen MR) is 69.1 cm³/mol. The molecule has 1 unspecified atom stereocenters. The molecule has 0 bridgehead atoms. The SMILES string of the molecule is CC(C)CC(C)N(C)C(=O)c1c(O)cccc1F. The van der Waals surface area contributed by atoms with Crippen molar-refractivity contribution in [1.82, 2.24) is 4.90 Å². The number of carbonyl (C=O) groups excluding carboxylic acids is 1. The summed E-state index contributed by atoms with van der Waals surface area (Å²) in [6, 6.07) is 3.86. The van der Waals surface area contributed by atoms with Crippen molar-refractivity contribution in [2.24, 2.45) is 5.92 Å². The van der Waals surface area contributed by atoms with E-state index in [1.807, 2.05) is 6.92 Å². The van der Waals surface area contributed by atoms with Gasteiger partial charge in [0.2, 0.25) is 0 Å². The molecule has 1 atom stereocenters. The Bertz CT molecular complexity index is 412. The molecule has 18 heavy (non-hydrogen) atoms. The van der Waals surface area contributed by atoms with Gasteiger partial charge in [0.25, 0.3) is 5.91 Å². The van der Waals surface area contributed by atoms with E-state index in [9.17, 15) is 14.3 Å². The molecule has 1 rings (SSSR count). The van der Waals surface area contributed by atoms with Crippen LogP contribution in [0.5, 0.6) is 5.75 Å². The summed E-state index contributed by atoms with van der Waals surface area (Å²) in [7, 11) is 1.63. The van der Waals surface area contributed by atoms with Gasteiger partial charge in [-0.2, -0.15) is 0 Å². The number of hydrogen-bond acceptors (Lipinski definition) is 2. The van der Waals surface area contributed by atoms with Gasteiger partial charge in [0.15, 0.2) is 0 Å². The maximum Gasteiger partial charge on any atom is 0.260 e. The summed E-state index contributed by atoms with van der Waals surface area (Å²) < 4.78 is 13.6. The molecule has 0 aliphatic carbocycles. The van der Waals surface area contributed by atoms with E-state index in [1.54, 1.807) is 7.05 Å². The quantitative estimate of drug-likeness (QED) is 0.896. The Kier molecular flexibility index (Phi) is 4.70. The third-order valence-corrected chi connectivity index (χ3v) is 3.00. The van der Waals surface area contributed by atoms with Crippen LogP contribution < -0.4 is 0 Å². The summed E-state index contributed by atoms with van der Waals surface area (Å²) in [5.41, 5.74) is -0.254. The van der Waals surface area contributed by atoms with Gasteiger partial charge in [-0.1, -0.05) is 19.9 Å². The smallest absolute Gasteiger partial charge is 0.260 e. The first-order chi connectivity index (χ1) is 8.34. The molecule has 0 fully saturated rings. The summed E-state index contributed by atoms with van der Waals surface area (Å²) in [6.07, 6.45) is 0.831. The average Bonchev–Trinajstić information content (AvgIpc) is 2.26. The van der Waals surface area contributed by atoms with E-state index in [-0.39, 0.29) is 17.4 Å². The minimum atomic E-state index is -0.691.